The molecule has 0 spiro atoms. The fourth-order valence-electron chi connectivity index (χ4n) is 6.77. The van der Waals surface area contributed by atoms with E-state index in [1.165, 1.54) is 17.2 Å². The van der Waals surface area contributed by atoms with Gasteiger partial charge in [-0.1, -0.05) is 32.0 Å². The van der Waals surface area contributed by atoms with Gasteiger partial charge in [0.2, 0.25) is 0 Å². The molecule has 3 heterocycles. The van der Waals surface area contributed by atoms with Gasteiger partial charge in [0.15, 0.2) is 6.10 Å². The molecule has 242 valence electrons. The predicted molar refractivity (Wildman–Crippen MR) is 176 cm³/mol. The number of aromatic nitrogens is 1. The van der Waals surface area contributed by atoms with Crippen molar-refractivity contribution in [3.8, 4) is 16.9 Å². The van der Waals surface area contributed by atoms with E-state index in [1.54, 1.807) is 19.2 Å². The maximum absolute atomic E-state index is 14.0. The van der Waals surface area contributed by atoms with Gasteiger partial charge < -0.3 is 19.5 Å². The van der Waals surface area contributed by atoms with E-state index < -0.39 is 17.7 Å². The lowest BCUT2D eigenvalue weighted by atomic mass is 9.81. The molecule has 2 aromatic carbocycles. The van der Waals surface area contributed by atoms with Gasteiger partial charge in [-0.15, -0.1) is 0 Å². The molecule has 1 fully saturated rings. The van der Waals surface area contributed by atoms with Gasteiger partial charge in [0.05, 0.1) is 18.4 Å². The number of piperidine rings is 1. The molecule has 0 saturated carbocycles. The molecule has 1 aromatic heterocycles. The van der Waals surface area contributed by atoms with E-state index in [1.807, 2.05) is 34.6 Å². The van der Waals surface area contributed by atoms with Gasteiger partial charge >= 0.3 is 5.97 Å². The van der Waals surface area contributed by atoms with Gasteiger partial charge in [0.25, 0.3) is 0 Å². The standard InChI is InChI=1S/C37H48FN3O4/c1-23-31(26-9-10-27-21-40(16-13-25(27)19-26)22-28-20-29(38)11-12-30(28)44-8)33(41-17-14-37(6,7)15-18-41)32(24(2)39-23)34(35(42)43)45-36(3,4)5/h9-12,19-20,34H,13-18,21-22H2,1-8H3,(H,42,43)/t34-/m0/s1. The first-order valence-electron chi connectivity index (χ1n) is 16.0. The third-order valence-electron chi connectivity index (χ3n) is 9.19. The zero-order chi connectivity index (χ0) is 32.7. The van der Waals surface area contributed by atoms with Gasteiger partial charge in [0, 0.05) is 60.8 Å². The number of nitrogens with zero attached hydrogens (tertiary/aromatic N) is 3. The molecule has 3 aromatic rings. The van der Waals surface area contributed by atoms with Crippen molar-refractivity contribution in [2.75, 3.05) is 31.6 Å². The maximum atomic E-state index is 14.0. The van der Waals surface area contributed by atoms with Gasteiger partial charge in [0.1, 0.15) is 11.6 Å². The molecule has 2 aliphatic heterocycles. The van der Waals surface area contributed by atoms with E-state index in [9.17, 15) is 14.3 Å². The molecule has 0 amide bonds. The van der Waals surface area contributed by atoms with E-state index in [2.05, 4.69) is 41.8 Å². The second kappa shape index (κ2) is 12.7. The van der Waals surface area contributed by atoms with Gasteiger partial charge in [-0.2, -0.15) is 0 Å². The molecule has 5 rings (SSSR count). The normalized spacial score (nSPS) is 17.6. The molecule has 0 radical (unpaired) electrons. The van der Waals surface area contributed by atoms with Crippen molar-refractivity contribution in [3.63, 3.8) is 0 Å². The first-order valence-corrected chi connectivity index (χ1v) is 16.0. The summed E-state index contributed by atoms with van der Waals surface area (Å²) in [6.45, 7) is 18.1. The number of carboxylic acid groups (broad SMARTS) is 1. The minimum atomic E-state index is -1.15. The molecule has 7 nitrogen and oxygen atoms in total. The van der Waals surface area contributed by atoms with Crippen LogP contribution >= 0.6 is 0 Å². The van der Waals surface area contributed by atoms with E-state index in [0.717, 1.165) is 73.5 Å². The maximum Gasteiger partial charge on any atom is 0.337 e. The lowest BCUT2D eigenvalue weighted by molar-refractivity contribution is -0.160. The van der Waals surface area contributed by atoms with Gasteiger partial charge in [-0.05, 0) is 94.2 Å². The van der Waals surface area contributed by atoms with Crippen molar-refractivity contribution < 1.29 is 23.8 Å². The van der Waals surface area contributed by atoms with Crippen molar-refractivity contribution >= 4 is 11.7 Å². The molecular formula is C37H48FN3O4. The topological polar surface area (TPSA) is 75.1 Å². The first kappa shape index (κ1) is 32.9. The van der Waals surface area contributed by atoms with Crippen molar-refractivity contribution in [1.82, 2.24) is 9.88 Å². The Morgan fingerprint density at radius 1 is 1.04 bits per heavy atom. The van der Waals surface area contributed by atoms with Crippen LogP contribution in [0.2, 0.25) is 0 Å². The minimum absolute atomic E-state index is 0.231. The largest absolute Gasteiger partial charge is 0.496 e. The molecule has 0 unspecified atom stereocenters. The molecule has 0 aliphatic carbocycles. The molecule has 1 N–H and O–H groups in total. The Hall–Kier alpha value is -3.49. The fraction of sp³-hybridized carbons (Fsp3) is 0.514. The Morgan fingerprint density at radius 3 is 2.40 bits per heavy atom. The Bertz CT molecular complexity index is 1570. The van der Waals surface area contributed by atoms with E-state index in [4.69, 9.17) is 14.5 Å². The second-order valence-electron chi connectivity index (χ2n) is 14.4. The summed E-state index contributed by atoms with van der Waals surface area (Å²) in [7, 11) is 1.62. The number of aryl methyl sites for hydroxylation is 2. The number of ether oxygens (including phenoxy) is 2. The first-order chi connectivity index (χ1) is 21.2. The zero-order valence-corrected chi connectivity index (χ0v) is 28.1. The SMILES string of the molecule is COc1ccc(F)cc1CN1CCc2cc(-c3c(C)nc(C)c([C@H](OC(C)(C)C)C(=O)O)c3N3CCC(C)(C)CC3)ccc2C1. The van der Waals surface area contributed by atoms with Crippen LogP contribution in [0.1, 0.15) is 87.2 Å². The Labute approximate surface area is 267 Å². The number of benzene rings is 2. The third-order valence-corrected chi connectivity index (χ3v) is 9.19. The summed E-state index contributed by atoms with van der Waals surface area (Å²) in [6, 6.07) is 11.3. The summed E-state index contributed by atoms with van der Waals surface area (Å²) < 4.78 is 25.8. The number of carboxylic acids is 1. The molecule has 2 aliphatic rings. The van der Waals surface area contributed by atoms with Crippen LogP contribution in [0.4, 0.5) is 10.1 Å². The van der Waals surface area contributed by atoms with Crippen LogP contribution in [-0.4, -0.2) is 53.3 Å². The van der Waals surface area contributed by atoms with Crippen LogP contribution in [0, 0.1) is 25.1 Å². The smallest absolute Gasteiger partial charge is 0.337 e. The molecule has 45 heavy (non-hydrogen) atoms. The lowest BCUT2D eigenvalue weighted by Crippen LogP contribution is -2.39. The van der Waals surface area contributed by atoms with Crippen LogP contribution in [0.5, 0.6) is 5.75 Å². The summed E-state index contributed by atoms with van der Waals surface area (Å²) in [5, 5.41) is 10.5. The molecule has 1 atom stereocenters. The van der Waals surface area contributed by atoms with Gasteiger partial charge in [-0.25, -0.2) is 9.18 Å². The third kappa shape index (κ3) is 7.33. The summed E-state index contributed by atoms with van der Waals surface area (Å²) >= 11 is 0. The molecule has 8 heteroatoms. The Kier molecular flexibility index (Phi) is 9.30. The highest BCUT2D eigenvalue weighted by molar-refractivity contribution is 5.88. The highest BCUT2D eigenvalue weighted by Gasteiger charge is 2.36. The van der Waals surface area contributed by atoms with Crippen LogP contribution in [0.3, 0.4) is 0 Å². The molecule has 1 saturated heterocycles. The lowest BCUT2D eigenvalue weighted by Gasteiger charge is -2.41. The number of carbonyl (C=O) groups is 1. The van der Waals surface area contributed by atoms with Crippen molar-refractivity contribution in [2.24, 2.45) is 5.41 Å². The van der Waals surface area contributed by atoms with Crippen LogP contribution in [0.25, 0.3) is 11.1 Å². The summed E-state index contributed by atoms with van der Waals surface area (Å²) in [5.41, 5.74) is 8.08. The molecule has 0 bridgehead atoms. The fourth-order valence-corrected chi connectivity index (χ4v) is 6.77. The number of rotatable bonds is 8. The zero-order valence-electron chi connectivity index (χ0n) is 28.1. The van der Waals surface area contributed by atoms with E-state index in [-0.39, 0.29) is 11.2 Å². The van der Waals surface area contributed by atoms with Crippen molar-refractivity contribution in [3.05, 3.63) is 75.9 Å². The van der Waals surface area contributed by atoms with Crippen LogP contribution in [-0.2, 0) is 29.0 Å². The summed E-state index contributed by atoms with van der Waals surface area (Å²) in [6.07, 6.45) is 1.73. The minimum Gasteiger partial charge on any atom is -0.496 e. The number of fused-ring (bicyclic) bond motifs is 1. The Balaban J connectivity index is 1.56. The molecular weight excluding hydrogens is 569 g/mol. The highest BCUT2D eigenvalue weighted by Crippen LogP contribution is 2.45. The quantitative estimate of drug-likeness (QED) is 0.278. The number of aliphatic carboxylic acids is 1. The number of methoxy groups -OCH3 is 1. The second-order valence-corrected chi connectivity index (χ2v) is 14.4. The monoisotopic (exact) mass is 617 g/mol. The highest BCUT2D eigenvalue weighted by atomic mass is 19.1. The average molecular weight is 618 g/mol. The number of pyridine rings is 1. The number of hydrogen-bond acceptors (Lipinski definition) is 6. The van der Waals surface area contributed by atoms with E-state index in [0.29, 0.717) is 23.6 Å². The predicted octanol–water partition coefficient (Wildman–Crippen LogP) is 7.64. The summed E-state index contributed by atoms with van der Waals surface area (Å²) in [5.74, 6) is -0.580. The van der Waals surface area contributed by atoms with Crippen LogP contribution < -0.4 is 9.64 Å². The average Bonchev–Trinajstić information content (AvgIpc) is 2.95. The van der Waals surface area contributed by atoms with Crippen LogP contribution in [0.15, 0.2) is 36.4 Å². The number of hydrogen-bond donors (Lipinski definition) is 1. The van der Waals surface area contributed by atoms with Crippen molar-refractivity contribution in [1.29, 1.82) is 0 Å². The summed E-state index contributed by atoms with van der Waals surface area (Å²) in [4.78, 5) is 22.4. The van der Waals surface area contributed by atoms with Gasteiger partial charge in [-0.3, -0.25) is 9.88 Å². The number of anilines is 1. The Morgan fingerprint density at radius 2 is 1.76 bits per heavy atom. The van der Waals surface area contributed by atoms with E-state index >= 15 is 0 Å². The van der Waals surface area contributed by atoms with Crippen molar-refractivity contribution in [2.45, 2.75) is 92.5 Å². The number of halogens is 1.